The van der Waals surface area contributed by atoms with Crippen molar-refractivity contribution in [1.29, 1.82) is 0 Å². The van der Waals surface area contributed by atoms with Crippen LogP contribution >= 0.6 is 0 Å². The molecule has 0 N–H and O–H groups in total. The van der Waals surface area contributed by atoms with Gasteiger partial charge in [0.1, 0.15) is 6.10 Å². The Kier molecular flexibility index (Phi) is 2.06. The maximum atomic E-state index is 11.7. The number of rotatable bonds is 1. The molecule has 1 fully saturated rings. The molecule has 1 aliphatic heterocycles. The predicted molar refractivity (Wildman–Crippen MR) is 54.0 cm³/mol. The molecular formula is C12H14O2. The fraction of sp³-hybridized carbons (Fsp3) is 0.417. The Morgan fingerprint density at radius 2 is 2.00 bits per heavy atom. The zero-order chi connectivity index (χ0) is 10.2. The maximum Gasteiger partial charge on any atom is 0.316 e. The van der Waals surface area contributed by atoms with Gasteiger partial charge in [0.2, 0.25) is 0 Å². The second-order valence-electron chi connectivity index (χ2n) is 4.12. The predicted octanol–water partition coefficient (Wildman–Crippen LogP) is 2.28. The maximum absolute atomic E-state index is 11.7. The molecule has 1 heterocycles. The number of carbonyl (C=O) groups excluding carboxylic acids is 1. The summed E-state index contributed by atoms with van der Waals surface area (Å²) in [5, 5.41) is 0. The molecule has 1 saturated heterocycles. The Labute approximate surface area is 83.9 Å². The molecule has 2 nitrogen and oxygen atoms in total. The Morgan fingerprint density at radius 3 is 2.50 bits per heavy atom. The molecule has 0 bridgehead atoms. The second kappa shape index (κ2) is 3.12. The van der Waals surface area contributed by atoms with Gasteiger partial charge in [0.25, 0.3) is 0 Å². The summed E-state index contributed by atoms with van der Waals surface area (Å²) in [5.41, 5.74) is 0.607. The number of esters is 1. The lowest BCUT2D eigenvalue weighted by molar-refractivity contribution is -0.144. The summed E-state index contributed by atoms with van der Waals surface area (Å²) in [4.78, 5) is 11.7. The van der Waals surface area contributed by atoms with Crippen LogP contribution in [0.15, 0.2) is 30.3 Å². The third-order valence-corrected chi connectivity index (χ3v) is 2.87. The number of cyclic esters (lactones) is 1. The van der Waals surface area contributed by atoms with E-state index in [9.17, 15) is 4.79 Å². The Morgan fingerprint density at radius 1 is 1.36 bits per heavy atom. The van der Waals surface area contributed by atoms with Gasteiger partial charge in [-0.2, -0.15) is 0 Å². The fourth-order valence-corrected chi connectivity index (χ4v) is 2.05. The molecule has 74 valence electrons. The van der Waals surface area contributed by atoms with Gasteiger partial charge in [-0.3, -0.25) is 4.79 Å². The third-order valence-electron chi connectivity index (χ3n) is 2.87. The largest absolute Gasteiger partial charge is 0.462 e. The quantitative estimate of drug-likeness (QED) is 0.635. The van der Waals surface area contributed by atoms with E-state index in [1.54, 1.807) is 0 Å². The molecule has 1 aromatic carbocycles. The van der Waals surface area contributed by atoms with Gasteiger partial charge in [0, 0.05) is 6.42 Å². The van der Waals surface area contributed by atoms with Crippen molar-refractivity contribution in [2.75, 3.05) is 0 Å². The van der Waals surface area contributed by atoms with Crippen LogP contribution in [0.25, 0.3) is 0 Å². The van der Waals surface area contributed by atoms with E-state index in [0.717, 1.165) is 12.0 Å². The highest BCUT2D eigenvalue weighted by molar-refractivity contribution is 5.84. The summed E-state index contributed by atoms with van der Waals surface area (Å²) in [7, 11) is 0. The summed E-state index contributed by atoms with van der Waals surface area (Å²) in [6, 6.07) is 9.84. The topological polar surface area (TPSA) is 26.3 Å². The molecule has 0 saturated carbocycles. The number of hydrogen-bond donors (Lipinski definition) is 0. The van der Waals surface area contributed by atoms with Crippen molar-refractivity contribution in [3.63, 3.8) is 0 Å². The van der Waals surface area contributed by atoms with Crippen molar-refractivity contribution in [2.45, 2.75) is 31.8 Å². The molecule has 0 aromatic heterocycles. The van der Waals surface area contributed by atoms with Crippen molar-refractivity contribution < 1.29 is 9.53 Å². The van der Waals surface area contributed by atoms with Gasteiger partial charge in [0.05, 0.1) is 5.41 Å². The Balaban J connectivity index is 2.38. The molecule has 1 aliphatic rings. The first-order chi connectivity index (χ1) is 6.63. The molecule has 2 unspecified atom stereocenters. The van der Waals surface area contributed by atoms with Crippen LogP contribution in [-0.2, 0) is 14.9 Å². The number of carbonyl (C=O) groups is 1. The molecule has 0 amide bonds. The van der Waals surface area contributed by atoms with E-state index >= 15 is 0 Å². The summed E-state index contributed by atoms with van der Waals surface area (Å²) < 4.78 is 5.19. The first kappa shape index (κ1) is 9.25. The average Bonchev–Trinajstić information content (AvgIpc) is 2.43. The van der Waals surface area contributed by atoms with Crippen molar-refractivity contribution >= 4 is 5.97 Å². The second-order valence-corrected chi connectivity index (χ2v) is 4.12. The molecule has 2 rings (SSSR count). The molecule has 0 spiro atoms. The number of ether oxygens (including phenoxy) is 1. The van der Waals surface area contributed by atoms with Crippen molar-refractivity contribution in [3.8, 4) is 0 Å². The van der Waals surface area contributed by atoms with E-state index in [4.69, 9.17) is 4.74 Å². The molecule has 0 radical (unpaired) electrons. The summed E-state index contributed by atoms with van der Waals surface area (Å²) >= 11 is 0. The third kappa shape index (κ3) is 1.31. The Hall–Kier alpha value is -1.31. The molecule has 0 aliphatic carbocycles. The van der Waals surface area contributed by atoms with Crippen LogP contribution in [0.3, 0.4) is 0 Å². The van der Waals surface area contributed by atoms with Crippen LogP contribution in [0.5, 0.6) is 0 Å². The summed E-state index contributed by atoms with van der Waals surface area (Å²) in [6.45, 7) is 3.89. The first-order valence-corrected chi connectivity index (χ1v) is 4.89. The van der Waals surface area contributed by atoms with E-state index < -0.39 is 5.41 Å². The zero-order valence-corrected chi connectivity index (χ0v) is 8.49. The number of benzene rings is 1. The highest BCUT2D eigenvalue weighted by Gasteiger charge is 2.44. The molecule has 2 atom stereocenters. The van der Waals surface area contributed by atoms with E-state index in [1.807, 2.05) is 44.2 Å². The standard InChI is InChI=1S/C12H14O2/c1-9-8-12(2,11(13)14-9)10-6-4-3-5-7-10/h3-7,9H,8H2,1-2H3. The fourth-order valence-electron chi connectivity index (χ4n) is 2.05. The van der Waals surface area contributed by atoms with Crippen LogP contribution in [0.2, 0.25) is 0 Å². The van der Waals surface area contributed by atoms with E-state index in [-0.39, 0.29) is 12.1 Å². The minimum atomic E-state index is -0.444. The minimum Gasteiger partial charge on any atom is -0.462 e. The highest BCUT2D eigenvalue weighted by atomic mass is 16.6. The van der Waals surface area contributed by atoms with Gasteiger partial charge in [-0.1, -0.05) is 30.3 Å². The van der Waals surface area contributed by atoms with Crippen LogP contribution in [-0.4, -0.2) is 12.1 Å². The molecular weight excluding hydrogens is 176 g/mol. The van der Waals surface area contributed by atoms with Crippen LogP contribution in [0, 0.1) is 0 Å². The van der Waals surface area contributed by atoms with E-state index in [2.05, 4.69) is 0 Å². The lowest BCUT2D eigenvalue weighted by Gasteiger charge is -2.18. The lowest BCUT2D eigenvalue weighted by atomic mass is 9.80. The van der Waals surface area contributed by atoms with Gasteiger partial charge < -0.3 is 4.74 Å². The number of hydrogen-bond acceptors (Lipinski definition) is 2. The van der Waals surface area contributed by atoms with Crippen LogP contribution in [0.1, 0.15) is 25.8 Å². The summed E-state index contributed by atoms with van der Waals surface area (Å²) in [5.74, 6) is -0.101. The van der Waals surface area contributed by atoms with Gasteiger partial charge >= 0.3 is 5.97 Å². The zero-order valence-electron chi connectivity index (χ0n) is 8.49. The molecule has 2 heteroatoms. The van der Waals surface area contributed by atoms with Gasteiger partial charge in [-0.05, 0) is 19.4 Å². The molecule has 1 aromatic rings. The van der Waals surface area contributed by atoms with E-state index in [0.29, 0.717) is 0 Å². The average molecular weight is 190 g/mol. The SMILES string of the molecule is CC1CC(C)(c2ccccc2)C(=O)O1. The molecule has 14 heavy (non-hydrogen) atoms. The monoisotopic (exact) mass is 190 g/mol. The van der Waals surface area contributed by atoms with Gasteiger partial charge in [0.15, 0.2) is 0 Å². The lowest BCUT2D eigenvalue weighted by Crippen LogP contribution is -2.27. The minimum absolute atomic E-state index is 0.0349. The smallest absolute Gasteiger partial charge is 0.316 e. The first-order valence-electron chi connectivity index (χ1n) is 4.89. The van der Waals surface area contributed by atoms with E-state index in [1.165, 1.54) is 0 Å². The van der Waals surface area contributed by atoms with Crippen molar-refractivity contribution in [3.05, 3.63) is 35.9 Å². The highest BCUT2D eigenvalue weighted by Crippen LogP contribution is 2.36. The van der Waals surface area contributed by atoms with Gasteiger partial charge in [-0.25, -0.2) is 0 Å². The summed E-state index contributed by atoms with van der Waals surface area (Å²) in [6.07, 6.45) is 0.809. The van der Waals surface area contributed by atoms with Crippen LogP contribution < -0.4 is 0 Å². The normalized spacial score (nSPS) is 31.6. The van der Waals surface area contributed by atoms with Crippen molar-refractivity contribution in [1.82, 2.24) is 0 Å². The van der Waals surface area contributed by atoms with Crippen molar-refractivity contribution in [2.24, 2.45) is 0 Å². The Bertz CT molecular complexity index is 345. The van der Waals surface area contributed by atoms with Gasteiger partial charge in [-0.15, -0.1) is 0 Å². The van der Waals surface area contributed by atoms with Crippen LogP contribution in [0.4, 0.5) is 0 Å².